The van der Waals surface area contributed by atoms with Crippen molar-refractivity contribution in [1.82, 2.24) is 14.9 Å². The first kappa shape index (κ1) is 17.4. The minimum absolute atomic E-state index is 0.00696. The van der Waals surface area contributed by atoms with E-state index in [4.69, 9.17) is 0 Å². The van der Waals surface area contributed by atoms with Crippen molar-refractivity contribution in [3.8, 4) is 0 Å². The summed E-state index contributed by atoms with van der Waals surface area (Å²) in [5.41, 5.74) is 2.97. The predicted octanol–water partition coefficient (Wildman–Crippen LogP) is 3.82. The van der Waals surface area contributed by atoms with Gasteiger partial charge in [0.05, 0.1) is 0 Å². The molecule has 1 aliphatic rings. The lowest BCUT2D eigenvalue weighted by Gasteiger charge is -2.25. The quantitative estimate of drug-likeness (QED) is 0.803. The van der Waals surface area contributed by atoms with E-state index >= 15 is 0 Å². The largest absolute Gasteiger partial charge is 0.337 e. The number of carbonyl (C=O) groups excluding carboxylic acids is 1. The van der Waals surface area contributed by atoms with Crippen LogP contribution in [0.2, 0.25) is 0 Å². The summed E-state index contributed by atoms with van der Waals surface area (Å²) in [4.78, 5) is 25.6. The van der Waals surface area contributed by atoms with E-state index in [9.17, 15) is 4.79 Å². The van der Waals surface area contributed by atoms with Gasteiger partial charge in [-0.15, -0.1) is 0 Å². The minimum atomic E-state index is -0.00696. The van der Waals surface area contributed by atoms with Crippen molar-refractivity contribution < 1.29 is 4.79 Å². The van der Waals surface area contributed by atoms with Crippen LogP contribution in [0.4, 0.5) is 11.5 Å². The van der Waals surface area contributed by atoms with Gasteiger partial charge in [0.15, 0.2) is 0 Å². The number of hydrogen-bond donors (Lipinski definition) is 0. The summed E-state index contributed by atoms with van der Waals surface area (Å²) in [6, 6.07) is 10.5. The molecule has 1 aromatic heterocycles. The molecule has 0 bridgehead atoms. The monoisotopic (exact) mass is 338 g/mol. The molecule has 0 saturated heterocycles. The van der Waals surface area contributed by atoms with Crippen LogP contribution in [0.15, 0.2) is 36.7 Å². The van der Waals surface area contributed by atoms with Gasteiger partial charge in [0, 0.05) is 30.9 Å². The predicted molar refractivity (Wildman–Crippen MR) is 100 cm³/mol. The fraction of sp³-hybridized carbons (Fsp3) is 0.450. The Bertz CT molecular complexity index is 740. The van der Waals surface area contributed by atoms with E-state index in [1.807, 2.05) is 17.0 Å². The SMILES string of the molecule is CCCN(CCC)C(=O)c1cc(N2c3ccccc3CC2C)ncn1. The average molecular weight is 338 g/mol. The Balaban J connectivity index is 1.90. The van der Waals surface area contributed by atoms with Crippen LogP contribution < -0.4 is 4.90 Å². The van der Waals surface area contributed by atoms with Crippen molar-refractivity contribution in [3.63, 3.8) is 0 Å². The number of rotatable bonds is 6. The Morgan fingerprint density at radius 1 is 1.20 bits per heavy atom. The molecule has 5 nitrogen and oxygen atoms in total. The molecule has 0 N–H and O–H groups in total. The van der Waals surface area contributed by atoms with Crippen LogP contribution in [-0.4, -0.2) is 39.9 Å². The number of carbonyl (C=O) groups is 1. The summed E-state index contributed by atoms with van der Waals surface area (Å²) < 4.78 is 0. The molecular weight excluding hydrogens is 312 g/mol. The van der Waals surface area contributed by atoms with E-state index in [2.05, 4.69) is 53.8 Å². The lowest BCUT2D eigenvalue weighted by molar-refractivity contribution is 0.0749. The lowest BCUT2D eigenvalue weighted by atomic mass is 10.1. The van der Waals surface area contributed by atoms with Crippen molar-refractivity contribution in [2.45, 2.75) is 46.1 Å². The van der Waals surface area contributed by atoms with Gasteiger partial charge in [0.2, 0.25) is 0 Å². The zero-order valence-electron chi connectivity index (χ0n) is 15.3. The molecule has 0 fully saturated rings. The van der Waals surface area contributed by atoms with E-state index in [1.54, 1.807) is 0 Å². The van der Waals surface area contributed by atoms with E-state index in [0.29, 0.717) is 11.7 Å². The molecule has 3 rings (SSSR count). The maximum atomic E-state index is 12.8. The van der Waals surface area contributed by atoms with Crippen LogP contribution in [-0.2, 0) is 6.42 Å². The van der Waals surface area contributed by atoms with Crippen LogP contribution in [0.3, 0.4) is 0 Å². The number of benzene rings is 1. The molecule has 25 heavy (non-hydrogen) atoms. The van der Waals surface area contributed by atoms with Crippen LogP contribution in [0.5, 0.6) is 0 Å². The van der Waals surface area contributed by atoms with Gasteiger partial charge in [-0.25, -0.2) is 9.97 Å². The molecule has 0 radical (unpaired) electrons. The van der Waals surface area contributed by atoms with Gasteiger partial charge < -0.3 is 9.80 Å². The van der Waals surface area contributed by atoms with E-state index < -0.39 is 0 Å². The standard InChI is InChI=1S/C20H26N4O/c1-4-10-23(11-5-2)20(25)17-13-19(22-14-21-17)24-15(3)12-16-8-6-7-9-18(16)24/h6-9,13-15H,4-5,10-12H2,1-3H3. The molecule has 2 aromatic rings. The maximum absolute atomic E-state index is 12.8. The third-order valence-corrected chi connectivity index (χ3v) is 4.60. The number of hydrogen-bond acceptors (Lipinski definition) is 4. The fourth-order valence-corrected chi connectivity index (χ4v) is 3.53. The zero-order chi connectivity index (χ0) is 17.8. The summed E-state index contributed by atoms with van der Waals surface area (Å²) in [6.45, 7) is 7.88. The highest BCUT2D eigenvalue weighted by molar-refractivity contribution is 5.93. The number of para-hydroxylation sites is 1. The van der Waals surface area contributed by atoms with Gasteiger partial charge in [-0.2, -0.15) is 0 Å². The molecule has 1 atom stereocenters. The average Bonchev–Trinajstić information content (AvgIpc) is 2.96. The minimum Gasteiger partial charge on any atom is -0.337 e. The van der Waals surface area contributed by atoms with Crippen molar-refractivity contribution in [3.05, 3.63) is 47.9 Å². The Morgan fingerprint density at radius 2 is 1.92 bits per heavy atom. The third-order valence-electron chi connectivity index (χ3n) is 4.60. The van der Waals surface area contributed by atoms with Gasteiger partial charge in [-0.05, 0) is 37.8 Å². The van der Waals surface area contributed by atoms with Crippen molar-refractivity contribution in [1.29, 1.82) is 0 Å². The normalized spacial score (nSPS) is 16.0. The van der Waals surface area contributed by atoms with Gasteiger partial charge >= 0.3 is 0 Å². The number of anilines is 2. The van der Waals surface area contributed by atoms with E-state index in [-0.39, 0.29) is 5.91 Å². The Morgan fingerprint density at radius 3 is 2.64 bits per heavy atom. The van der Waals surface area contributed by atoms with Crippen LogP contribution in [0.25, 0.3) is 0 Å². The zero-order valence-corrected chi connectivity index (χ0v) is 15.3. The summed E-state index contributed by atoms with van der Waals surface area (Å²) in [5.74, 6) is 0.788. The number of fused-ring (bicyclic) bond motifs is 1. The van der Waals surface area contributed by atoms with Crippen LogP contribution >= 0.6 is 0 Å². The van der Waals surface area contributed by atoms with Gasteiger partial charge in [0.25, 0.3) is 5.91 Å². The number of amides is 1. The molecule has 2 heterocycles. The van der Waals surface area contributed by atoms with Gasteiger partial charge in [0.1, 0.15) is 17.8 Å². The highest BCUT2D eigenvalue weighted by Crippen LogP contribution is 2.37. The van der Waals surface area contributed by atoms with E-state index in [0.717, 1.165) is 38.2 Å². The van der Waals surface area contributed by atoms with E-state index in [1.165, 1.54) is 17.6 Å². The first-order chi connectivity index (χ1) is 12.2. The Labute approximate surface area is 149 Å². The molecule has 1 aliphatic heterocycles. The Hall–Kier alpha value is -2.43. The summed E-state index contributed by atoms with van der Waals surface area (Å²) >= 11 is 0. The van der Waals surface area contributed by atoms with Crippen molar-refractivity contribution in [2.75, 3.05) is 18.0 Å². The maximum Gasteiger partial charge on any atom is 0.272 e. The summed E-state index contributed by atoms with van der Waals surface area (Å²) in [5, 5.41) is 0. The Kier molecular flexibility index (Phi) is 5.31. The van der Waals surface area contributed by atoms with Gasteiger partial charge in [-0.3, -0.25) is 4.79 Å². The molecule has 1 aromatic carbocycles. The second-order valence-electron chi connectivity index (χ2n) is 6.61. The molecule has 132 valence electrons. The fourth-order valence-electron chi connectivity index (χ4n) is 3.53. The first-order valence-electron chi connectivity index (χ1n) is 9.14. The lowest BCUT2D eigenvalue weighted by Crippen LogP contribution is -2.33. The van der Waals surface area contributed by atoms with Crippen LogP contribution in [0, 0.1) is 0 Å². The summed E-state index contributed by atoms with van der Waals surface area (Å²) in [6.07, 6.45) is 4.38. The first-order valence-corrected chi connectivity index (χ1v) is 9.14. The number of nitrogens with zero attached hydrogens (tertiary/aromatic N) is 4. The van der Waals surface area contributed by atoms with Crippen molar-refractivity contribution in [2.24, 2.45) is 0 Å². The molecular formula is C20H26N4O. The highest BCUT2D eigenvalue weighted by atomic mass is 16.2. The topological polar surface area (TPSA) is 49.3 Å². The second-order valence-corrected chi connectivity index (χ2v) is 6.61. The van der Waals surface area contributed by atoms with Crippen molar-refractivity contribution >= 4 is 17.4 Å². The van der Waals surface area contributed by atoms with Gasteiger partial charge in [-0.1, -0.05) is 32.0 Å². The molecule has 1 amide bonds. The second kappa shape index (κ2) is 7.64. The molecule has 0 spiro atoms. The summed E-state index contributed by atoms with van der Waals surface area (Å²) in [7, 11) is 0. The molecule has 0 saturated carbocycles. The highest BCUT2D eigenvalue weighted by Gasteiger charge is 2.28. The number of aromatic nitrogens is 2. The third kappa shape index (κ3) is 3.50. The van der Waals surface area contributed by atoms with Crippen LogP contribution in [0.1, 0.15) is 49.7 Å². The molecule has 0 aliphatic carbocycles. The molecule has 1 unspecified atom stereocenters. The molecule has 5 heteroatoms. The smallest absolute Gasteiger partial charge is 0.272 e.